The zero-order valence-electron chi connectivity index (χ0n) is 11.4. The predicted octanol–water partition coefficient (Wildman–Crippen LogP) is 2.35. The molecule has 0 saturated carbocycles. The minimum absolute atomic E-state index is 0.162. The van der Waals surface area contributed by atoms with Gasteiger partial charge in [0.05, 0.1) is 0 Å². The van der Waals surface area contributed by atoms with Crippen LogP contribution in [0.2, 0.25) is 0 Å². The van der Waals surface area contributed by atoms with Gasteiger partial charge in [-0.1, -0.05) is 20.8 Å². The number of aromatic nitrogens is 5. The Morgan fingerprint density at radius 3 is 2.50 bits per heavy atom. The first-order chi connectivity index (χ1) is 8.60. The van der Waals surface area contributed by atoms with Gasteiger partial charge in [0.25, 0.3) is 0 Å². The lowest BCUT2D eigenvalue weighted by atomic mass is 9.78. The number of hydrogen-bond donors (Lipinski definition) is 0. The summed E-state index contributed by atoms with van der Waals surface area (Å²) in [5.74, 6) is 0.749. The summed E-state index contributed by atoms with van der Waals surface area (Å²) in [6, 6.07) is 2.14. The predicted molar refractivity (Wildman–Crippen MR) is 70.0 cm³/mol. The summed E-state index contributed by atoms with van der Waals surface area (Å²) in [4.78, 5) is 4.33. The minimum atomic E-state index is 0.162. The van der Waals surface area contributed by atoms with Crippen LogP contribution in [0.5, 0.6) is 0 Å². The van der Waals surface area contributed by atoms with Crippen LogP contribution < -0.4 is 0 Å². The van der Waals surface area contributed by atoms with Gasteiger partial charge in [-0.15, -0.1) is 5.10 Å². The van der Waals surface area contributed by atoms with Crippen LogP contribution in [0.1, 0.15) is 39.2 Å². The third kappa shape index (κ3) is 2.12. The molecular formula is C13H19N5. The second kappa shape index (κ2) is 4.84. The van der Waals surface area contributed by atoms with Gasteiger partial charge in [-0.2, -0.15) is 0 Å². The van der Waals surface area contributed by atoms with E-state index in [9.17, 15) is 0 Å². The third-order valence-corrected chi connectivity index (χ3v) is 3.87. The highest BCUT2D eigenvalue weighted by atomic mass is 15.5. The van der Waals surface area contributed by atoms with Gasteiger partial charge in [-0.3, -0.25) is 4.98 Å². The van der Waals surface area contributed by atoms with Crippen molar-refractivity contribution in [1.82, 2.24) is 25.2 Å². The van der Waals surface area contributed by atoms with E-state index in [1.165, 1.54) is 5.56 Å². The normalized spacial score (nSPS) is 11.8. The van der Waals surface area contributed by atoms with Gasteiger partial charge in [-0.25, -0.2) is 4.68 Å². The Labute approximate surface area is 107 Å². The largest absolute Gasteiger partial charge is 0.264 e. The van der Waals surface area contributed by atoms with Crippen LogP contribution in [0.4, 0.5) is 0 Å². The first kappa shape index (κ1) is 12.7. The summed E-state index contributed by atoms with van der Waals surface area (Å²) < 4.78 is 1.66. The Kier molecular flexibility index (Phi) is 3.41. The van der Waals surface area contributed by atoms with Crippen molar-refractivity contribution in [3.8, 4) is 11.4 Å². The molecule has 2 aromatic heterocycles. The van der Waals surface area contributed by atoms with Crippen LogP contribution in [-0.4, -0.2) is 25.2 Å². The van der Waals surface area contributed by atoms with Crippen molar-refractivity contribution >= 4 is 0 Å². The average molecular weight is 245 g/mol. The Morgan fingerprint density at radius 1 is 1.22 bits per heavy atom. The van der Waals surface area contributed by atoms with Crippen molar-refractivity contribution < 1.29 is 0 Å². The smallest absolute Gasteiger partial charge is 0.183 e. The maximum atomic E-state index is 4.33. The molecular weight excluding hydrogens is 226 g/mol. The second-order valence-electron chi connectivity index (χ2n) is 4.86. The molecule has 0 bridgehead atoms. The van der Waals surface area contributed by atoms with E-state index in [0.29, 0.717) is 0 Å². The zero-order valence-corrected chi connectivity index (χ0v) is 11.4. The van der Waals surface area contributed by atoms with Crippen molar-refractivity contribution in [2.45, 2.75) is 39.0 Å². The molecule has 2 rings (SSSR count). The van der Waals surface area contributed by atoms with Crippen LogP contribution in [0.15, 0.2) is 18.5 Å². The molecule has 0 saturated heterocycles. The van der Waals surface area contributed by atoms with Gasteiger partial charge >= 0.3 is 0 Å². The highest BCUT2D eigenvalue weighted by Crippen LogP contribution is 2.32. The van der Waals surface area contributed by atoms with Gasteiger partial charge in [0, 0.05) is 25.0 Å². The van der Waals surface area contributed by atoms with Crippen molar-refractivity contribution in [3.63, 3.8) is 0 Å². The number of hydrogen-bond acceptors (Lipinski definition) is 4. The molecule has 0 aliphatic carbocycles. The molecule has 0 radical (unpaired) electrons. The molecule has 0 N–H and O–H groups in total. The third-order valence-electron chi connectivity index (χ3n) is 3.87. The van der Waals surface area contributed by atoms with Gasteiger partial charge in [-0.05, 0) is 40.3 Å². The van der Waals surface area contributed by atoms with E-state index in [1.54, 1.807) is 10.9 Å². The monoisotopic (exact) mass is 245 g/mol. The highest BCUT2D eigenvalue weighted by molar-refractivity contribution is 5.54. The first-order valence-corrected chi connectivity index (χ1v) is 6.29. The van der Waals surface area contributed by atoms with E-state index in [1.807, 2.05) is 13.2 Å². The standard InChI is InChI=1S/C13H19N5/c1-5-13(3,6-2)11-7-10(8-14-9-11)12-15-16-17-18(12)4/h7-9H,5-6H2,1-4H3. The van der Waals surface area contributed by atoms with E-state index in [2.05, 4.69) is 47.3 Å². The van der Waals surface area contributed by atoms with E-state index < -0.39 is 0 Å². The lowest BCUT2D eigenvalue weighted by molar-refractivity contribution is 0.437. The number of aryl methyl sites for hydroxylation is 1. The van der Waals surface area contributed by atoms with Gasteiger partial charge in [0.2, 0.25) is 0 Å². The Balaban J connectivity index is 2.46. The van der Waals surface area contributed by atoms with Gasteiger partial charge < -0.3 is 0 Å². The SMILES string of the molecule is CCC(C)(CC)c1cncc(-c2nnnn2C)c1. The summed E-state index contributed by atoms with van der Waals surface area (Å²) in [5, 5.41) is 11.5. The Morgan fingerprint density at radius 2 is 1.94 bits per heavy atom. The lowest BCUT2D eigenvalue weighted by Crippen LogP contribution is -2.19. The van der Waals surface area contributed by atoms with Crippen molar-refractivity contribution in [3.05, 3.63) is 24.0 Å². The number of pyridine rings is 1. The van der Waals surface area contributed by atoms with E-state index >= 15 is 0 Å². The van der Waals surface area contributed by atoms with Crippen molar-refractivity contribution in [2.24, 2.45) is 7.05 Å². The number of rotatable bonds is 4. The molecule has 96 valence electrons. The van der Waals surface area contributed by atoms with Crippen LogP contribution >= 0.6 is 0 Å². The maximum Gasteiger partial charge on any atom is 0.183 e. The molecule has 0 unspecified atom stereocenters. The fourth-order valence-electron chi connectivity index (χ4n) is 2.02. The van der Waals surface area contributed by atoms with Crippen LogP contribution in [-0.2, 0) is 12.5 Å². The zero-order chi connectivity index (χ0) is 13.2. The summed E-state index contributed by atoms with van der Waals surface area (Å²) in [7, 11) is 1.83. The molecule has 2 heterocycles. The Hall–Kier alpha value is -1.78. The number of nitrogens with zero attached hydrogens (tertiary/aromatic N) is 5. The van der Waals surface area contributed by atoms with Gasteiger partial charge in [0.15, 0.2) is 5.82 Å². The van der Waals surface area contributed by atoms with Crippen LogP contribution in [0.3, 0.4) is 0 Å². The first-order valence-electron chi connectivity index (χ1n) is 6.29. The van der Waals surface area contributed by atoms with E-state index in [0.717, 1.165) is 24.2 Å². The van der Waals surface area contributed by atoms with Gasteiger partial charge in [0.1, 0.15) is 0 Å². The lowest BCUT2D eigenvalue weighted by Gasteiger charge is -2.27. The molecule has 0 spiro atoms. The topological polar surface area (TPSA) is 56.5 Å². The van der Waals surface area contributed by atoms with Crippen LogP contribution in [0, 0.1) is 0 Å². The summed E-state index contributed by atoms with van der Waals surface area (Å²) >= 11 is 0. The van der Waals surface area contributed by atoms with Crippen LogP contribution in [0.25, 0.3) is 11.4 Å². The average Bonchev–Trinajstić information content (AvgIpc) is 2.84. The fourth-order valence-corrected chi connectivity index (χ4v) is 2.02. The molecule has 0 aliphatic heterocycles. The summed E-state index contributed by atoms with van der Waals surface area (Å²) in [6.45, 7) is 6.68. The molecule has 5 heteroatoms. The van der Waals surface area contributed by atoms with Crippen molar-refractivity contribution in [2.75, 3.05) is 0 Å². The summed E-state index contributed by atoms with van der Waals surface area (Å²) in [5.41, 5.74) is 2.37. The maximum absolute atomic E-state index is 4.33. The van der Waals surface area contributed by atoms with E-state index in [4.69, 9.17) is 0 Å². The summed E-state index contributed by atoms with van der Waals surface area (Å²) in [6.07, 6.45) is 5.93. The minimum Gasteiger partial charge on any atom is -0.264 e. The number of tetrazole rings is 1. The van der Waals surface area contributed by atoms with Crippen molar-refractivity contribution in [1.29, 1.82) is 0 Å². The molecule has 0 atom stereocenters. The molecule has 0 aromatic carbocycles. The second-order valence-corrected chi connectivity index (χ2v) is 4.86. The quantitative estimate of drug-likeness (QED) is 0.829. The Bertz CT molecular complexity index is 528. The highest BCUT2D eigenvalue weighted by Gasteiger charge is 2.23. The molecule has 0 fully saturated rings. The molecule has 0 aliphatic rings. The molecule has 0 amide bonds. The molecule has 2 aromatic rings. The van der Waals surface area contributed by atoms with E-state index in [-0.39, 0.29) is 5.41 Å². The molecule has 18 heavy (non-hydrogen) atoms. The fraction of sp³-hybridized carbons (Fsp3) is 0.538. The molecule has 5 nitrogen and oxygen atoms in total.